The fourth-order valence-corrected chi connectivity index (χ4v) is 4.93. The van der Waals surface area contributed by atoms with Crippen LogP contribution in [0, 0.1) is 0 Å². The predicted molar refractivity (Wildman–Crippen MR) is 155 cm³/mol. The molecular formula is C25H47ClN2O2Sn3. The number of pyridine rings is 2. The van der Waals surface area contributed by atoms with Crippen molar-refractivity contribution in [2.45, 2.75) is 71.1 Å². The Hall–Kier alpha value is 0.586. The summed E-state index contributed by atoms with van der Waals surface area (Å²) < 4.78 is 12.0. The van der Waals surface area contributed by atoms with Crippen molar-refractivity contribution in [1.82, 2.24) is 9.97 Å². The Labute approximate surface area is 228 Å². The van der Waals surface area contributed by atoms with Crippen LogP contribution in [0.25, 0.3) is 0 Å². The molecule has 0 saturated heterocycles. The predicted octanol–water partition coefficient (Wildman–Crippen LogP) is 7.68. The Morgan fingerprint density at radius 3 is 1.48 bits per heavy atom. The molecule has 188 valence electrons. The molecule has 0 spiro atoms. The van der Waals surface area contributed by atoms with E-state index in [2.05, 4.69) is 73.5 Å². The Balaban J connectivity index is 0. The van der Waals surface area contributed by atoms with Crippen LogP contribution >= 0.6 is 11.6 Å². The van der Waals surface area contributed by atoms with E-state index < -0.39 is 57.9 Å². The van der Waals surface area contributed by atoms with Gasteiger partial charge in [0.2, 0.25) is 5.88 Å². The maximum atomic E-state index is 5.63. The summed E-state index contributed by atoms with van der Waals surface area (Å²) >= 11 is 2.54. The van der Waals surface area contributed by atoms with Gasteiger partial charge in [0.25, 0.3) is 0 Å². The molecule has 2 heterocycles. The summed E-state index contributed by atoms with van der Waals surface area (Å²) in [5.74, 6) is 1.38. The molecular weight excluding hydrogens is 752 g/mol. The van der Waals surface area contributed by atoms with E-state index in [-0.39, 0.29) is 0 Å². The van der Waals surface area contributed by atoms with Gasteiger partial charge in [0.1, 0.15) is 5.15 Å². The van der Waals surface area contributed by atoms with Gasteiger partial charge < -0.3 is 4.74 Å². The molecule has 33 heavy (non-hydrogen) atoms. The van der Waals surface area contributed by atoms with Crippen LogP contribution in [0.2, 0.25) is 49.6 Å². The molecule has 2 aromatic rings. The second-order valence-corrected chi connectivity index (χ2v) is 41.4. The van der Waals surface area contributed by atoms with E-state index >= 15 is 0 Å². The molecule has 2 radical (unpaired) electrons. The first kappa shape index (κ1) is 35.7. The summed E-state index contributed by atoms with van der Waals surface area (Å²) in [4.78, 5) is 29.8. The van der Waals surface area contributed by atoms with Crippen molar-refractivity contribution < 1.29 is 9.47 Å². The number of nitrogens with zero attached hydrogens (tertiary/aromatic N) is 2. The summed E-state index contributed by atoms with van der Waals surface area (Å²) in [6, 6.07) is 11.5. The summed E-state index contributed by atoms with van der Waals surface area (Å²) in [6.07, 6.45) is 2.01. The number of hydrogen-bond donors (Lipinski definition) is 0. The third-order valence-electron chi connectivity index (χ3n) is 3.09. The van der Waals surface area contributed by atoms with Crippen molar-refractivity contribution in [3.05, 3.63) is 41.6 Å². The number of rotatable bonds is 7. The zero-order valence-electron chi connectivity index (χ0n) is 22.9. The van der Waals surface area contributed by atoms with E-state index in [4.69, 9.17) is 21.1 Å². The topological polar surface area (TPSA) is 44.2 Å². The van der Waals surface area contributed by atoms with Crippen LogP contribution in [-0.2, 0) is 0 Å². The third-order valence-corrected chi connectivity index (χ3v) is 8.48. The Morgan fingerprint density at radius 1 is 0.727 bits per heavy atom. The standard InChI is InChI=1S/C8H10ClNO.C8H10NO.9CH3.3Sn/c1-2-6-11-8-5-3-4-7(9)10-8;1-2-7-10-8-5-3-4-6-9-8;;;;;;;;;;;;/h3-5H,2,6H2,1H3;3-5H,2,7H2,1H3;9*1H3;;;. The van der Waals surface area contributed by atoms with Crippen LogP contribution in [0.1, 0.15) is 26.7 Å². The van der Waals surface area contributed by atoms with Gasteiger partial charge in [-0.3, -0.25) is 0 Å². The van der Waals surface area contributed by atoms with Crippen molar-refractivity contribution >= 4 is 73.2 Å². The van der Waals surface area contributed by atoms with Gasteiger partial charge in [0.05, 0.1) is 6.61 Å². The van der Waals surface area contributed by atoms with Crippen LogP contribution in [0.3, 0.4) is 0 Å². The third kappa shape index (κ3) is 25.5. The first-order chi connectivity index (χ1) is 15.3. The fourth-order valence-electron chi connectivity index (χ4n) is 1.80. The molecule has 2 aromatic heterocycles. The van der Waals surface area contributed by atoms with Crippen molar-refractivity contribution in [2.75, 3.05) is 13.2 Å². The van der Waals surface area contributed by atoms with E-state index in [0.29, 0.717) is 17.6 Å². The number of ether oxygens (including phenoxy) is 2. The van der Waals surface area contributed by atoms with E-state index in [1.807, 2.05) is 19.1 Å². The Kier molecular flexibility index (Phi) is 23.7. The number of aromatic nitrogens is 2. The molecule has 2 rings (SSSR count). The van der Waals surface area contributed by atoms with Gasteiger partial charge >= 0.3 is 160 Å². The zero-order valence-corrected chi connectivity index (χ0v) is 32.2. The normalized spacial score (nSPS) is 10.2. The van der Waals surface area contributed by atoms with Gasteiger partial charge in [-0.15, -0.1) is 0 Å². The van der Waals surface area contributed by atoms with E-state index in [0.717, 1.165) is 25.3 Å². The number of halogens is 1. The van der Waals surface area contributed by atoms with Gasteiger partial charge in [-0.2, -0.15) is 0 Å². The van der Waals surface area contributed by atoms with E-state index in [1.165, 1.54) is 3.71 Å². The van der Waals surface area contributed by atoms with Gasteiger partial charge in [-0.05, 0) is 12.5 Å². The maximum absolute atomic E-state index is 5.63. The minimum atomic E-state index is -2.00. The zero-order chi connectivity index (χ0) is 25.9. The molecule has 0 atom stereocenters. The molecule has 4 nitrogen and oxygen atoms in total. The second kappa shape index (κ2) is 21.8. The number of hydrogen-bond acceptors (Lipinski definition) is 4. The van der Waals surface area contributed by atoms with Crippen molar-refractivity contribution in [3.8, 4) is 11.8 Å². The Morgan fingerprint density at radius 2 is 1.12 bits per heavy atom. The first-order valence-corrected chi connectivity index (χ1v) is 39.2. The van der Waals surface area contributed by atoms with Crippen LogP contribution in [0.4, 0.5) is 0 Å². The molecule has 0 amide bonds. The van der Waals surface area contributed by atoms with Gasteiger partial charge in [0.15, 0.2) is 0 Å². The minimum absolute atomic E-state index is 0.471. The van der Waals surface area contributed by atoms with Gasteiger partial charge in [0, 0.05) is 6.07 Å². The van der Waals surface area contributed by atoms with E-state index in [1.54, 1.807) is 12.1 Å². The SMILES string of the molecule is CCCOc1ccc[c]([Sn]([CH3])([CH3])[CH3])n1.CCCOc1cccc(Cl)n1.[CH3][Sn]([CH3])[CH3].[CH3][Sn]([CH3])[CH3]. The summed E-state index contributed by atoms with van der Waals surface area (Å²) in [6.45, 7) is 5.60. The first-order valence-electron chi connectivity index (χ1n) is 11.7. The monoisotopic (exact) mass is 802 g/mol. The van der Waals surface area contributed by atoms with E-state index in [9.17, 15) is 0 Å². The van der Waals surface area contributed by atoms with Gasteiger partial charge in [-0.25, -0.2) is 4.98 Å². The Bertz CT molecular complexity index is 715. The quantitative estimate of drug-likeness (QED) is 0.213. The average molecular weight is 799 g/mol. The molecule has 0 aliphatic heterocycles. The van der Waals surface area contributed by atoms with Crippen molar-refractivity contribution in [3.63, 3.8) is 0 Å². The molecule has 0 bridgehead atoms. The second-order valence-electron chi connectivity index (χ2n) is 9.61. The van der Waals surface area contributed by atoms with Crippen LogP contribution in [0.15, 0.2) is 36.4 Å². The molecule has 8 heteroatoms. The summed E-state index contributed by atoms with van der Waals surface area (Å²) in [5.41, 5.74) is 0. The molecule has 0 unspecified atom stereocenters. The van der Waals surface area contributed by atoms with Crippen LogP contribution in [-0.4, -0.2) is 81.1 Å². The van der Waals surface area contributed by atoms with Crippen molar-refractivity contribution in [2.24, 2.45) is 0 Å². The molecule has 0 saturated carbocycles. The molecule has 0 N–H and O–H groups in total. The fraction of sp³-hybridized carbons (Fsp3) is 0.600. The summed E-state index contributed by atoms with van der Waals surface area (Å²) in [5, 5.41) is 0.471. The van der Waals surface area contributed by atoms with Crippen LogP contribution in [0.5, 0.6) is 11.8 Å². The molecule has 0 aromatic carbocycles. The molecule has 0 fully saturated rings. The summed E-state index contributed by atoms with van der Waals surface area (Å²) in [7, 11) is 0. The van der Waals surface area contributed by atoms with Gasteiger partial charge in [-0.1, -0.05) is 24.6 Å². The van der Waals surface area contributed by atoms with Crippen molar-refractivity contribution in [1.29, 1.82) is 0 Å². The molecule has 0 aliphatic rings. The van der Waals surface area contributed by atoms with Crippen LogP contribution < -0.4 is 13.2 Å². The average Bonchev–Trinajstić information content (AvgIpc) is 2.70. The molecule has 0 aliphatic carbocycles.